The number of halogens is 1. The van der Waals surface area contributed by atoms with E-state index in [0.29, 0.717) is 24.2 Å². The van der Waals surface area contributed by atoms with Gasteiger partial charge < -0.3 is 10.6 Å². The molecule has 3 nitrogen and oxygen atoms in total. The first-order chi connectivity index (χ1) is 10.1. The van der Waals surface area contributed by atoms with E-state index in [9.17, 15) is 4.79 Å². The Balaban J connectivity index is 0.00000242. The van der Waals surface area contributed by atoms with Crippen LogP contribution in [0.2, 0.25) is 0 Å². The summed E-state index contributed by atoms with van der Waals surface area (Å²) in [5.74, 6) is 1.21. The fourth-order valence-corrected chi connectivity index (χ4v) is 3.24. The highest BCUT2D eigenvalue weighted by atomic mass is 35.5. The number of nitrogens with zero attached hydrogens (tertiary/aromatic N) is 1. The lowest BCUT2D eigenvalue weighted by atomic mass is 9.89. The van der Waals surface area contributed by atoms with Gasteiger partial charge in [-0.15, -0.1) is 12.4 Å². The average molecular weight is 325 g/mol. The summed E-state index contributed by atoms with van der Waals surface area (Å²) in [7, 11) is 0. The number of hydrogen-bond donors (Lipinski definition) is 1. The number of likely N-dealkylation sites (tertiary alicyclic amines) is 1. The van der Waals surface area contributed by atoms with Crippen molar-refractivity contribution in [3.05, 3.63) is 35.9 Å². The molecular formula is C18H29ClN2O. The van der Waals surface area contributed by atoms with E-state index >= 15 is 0 Å². The van der Waals surface area contributed by atoms with E-state index in [2.05, 4.69) is 38.1 Å². The summed E-state index contributed by atoms with van der Waals surface area (Å²) in [6.45, 7) is 5.98. The standard InChI is InChI=1S/C18H28N2O.ClH/c1-3-15(17-7-5-4-6-8-17)13-18(21)20-11-9-16(10-12-20)14(2)19;/h4-8,14-16H,3,9-13,19H2,1-2H3;1H. The van der Waals surface area contributed by atoms with Gasteiger partial charge >= 0.3 is 0 Å². The molecule has 0 spiro atoms. The molecule has 1 heterocycles. The van der Waals surface area contributed by atoms with Crippen molar-refractivity contribution in [1.29, 1.82) is 0 Å². The zero-order valence-electron chi connectivity index (χ0n) is 13.7. The van der Waals surface area contributed by atoms with Gasteiger partial charge in [-0.2, -0.15) is 0 Å². The number of piperidine rings is 1. The molecule has 2 atom stereocenters. The van der Waals surface area contributed by atoms with Crippen LogP contribution < -0.4 is 5.73 Å². The first-order valence-corrected chi connectivity index (χ1v) is 8.20. The van der Waals surface area contributed by atoms with Crippen LogP contribution in [0.1, 0.15) is 51.0 Å². The summed E-state index contributed by atoms with van der Waals surface area (Å²) in [4.78, 5) is 14.5. The lowest BCUT2D eigenvalue weighted by Gasteiger charge is -2.34. The summed E-state index contributed by atoms with van der Waals surface area (Å²) < 4.78 is 0. The van der Waals surface area contributed by atoms with Gasteiger partial charge in [0.1, 0.15) is 0 Å². The maximum atomic E-state index is 12.5. The lowest BCUT2D eigenvalue weighted by Crippen LogP contribution is -2.42. The molecule has 2 rings (SSSR count). The van der Waals surface area contributed by atoms with Gasteiger partial charge in [0.15, 0.2) is 0 Å². The Morgan fingerprint density at radius 2 is 1.86 bits per heavy atom. The minimum Gasteiger partial charge on any atom is -0.343 e. The van der Waals surface area contributed by atoms with Crippen molar-refractivity contribution in [2.24, 2.45) is 11.7 Å². The van der Waals surface area contributed by atoms with Crippen molar-refractivity contribution in [1.82, 2.24) is 4.90 Å². The topological polar surface area (TPSA) is 46.3 Å². The molecule has 1 fully saturated rings. The Hall–Kier alpha value is -1.06. The van der Waals surface area contributed by atoms with Crippen molar-refractivity contribution in [3.8, 4) is 0 Å². The third kappa shape index (κ3) is 4.99. The second-order valence-corrected chi connectivity index (χ2v) is 6.30. The molecule has 0 bridgehead atoms. The number of carbonyl (C=O) groups excluding carboxylic acids is 1. The van der Waals surface area contributed by atoms with Crippen LogP contribution in [0.3, 0.4) is 0 Å². The quantitative estimate of drug-likeness (QED) is 0.899. The minimum atomic E-state index is 0. The van der Waals surface area contributed by atoms with Crippen molar-refractivity contribution < 1.29 is 4.79 Å². The second-order valence-electron chi connectivity index (χ2n) is 6.30. The fourth-order valence-electron chi connectivity index (χ4n) is 3.24. The van der Waals surface area contributed by atoms with Gasteiger partial charge in [0.25, 0.3) is 0 Å². The second kappa shape index (κ2) is 9.16. The SMILES string of the molecule is CCC(CC(=O)N1CCC(C(C)N)CC1)c1ccccc1.Cl. The van der Waals surface area contributed by atoms with Crippen LogP contribution in [0.5, 0.6) is 0 Å². The Bertz CT molecular complexity index is 442. The van der Waals surface area contributed by atoms with Crippen molar-refractivity contribution in [2.45, 2.75) is 51.5 Å². The van der Waals surface area contributed by atoms with Crippen molar-refractivity contribution >= 4 is 18.3 Å². The molecular weight excluding hydrogens is 296 g/mol. The minimum absolute atomic E-state index is 0. The van der Waals surface area contributed by atoms with E-state index in [1.165, 1.54) is 5.56 Å². The van der Waals surface area contributed by atoms with Gasteiger partial charge in [-0.25, -0.2) is 0 Å². The zero-order chi connectivity index (χ0) is 15.2. The van der Waals surface area contributed by atoms with Gasteiger partial charge in [0.05, 0.1) is 0 Å². The number of amides is 1. The largest absolute Gasteiger partial charge is 0.343 e. The Morgan fingerprint density at radius 1 is 1.27 bits per heavy atom. The van der Waals surface area contributed by atoms with Crippen LogP contribution in [0.25, 0.3) is 0 Å². The monoisotopic (exact) mass is 324 g/mol. The first kappa shape index (κ1) is 19.0. The zero-order valence-corrected chi connectivity index (χ0v) is 14.5. The number of hydrogen-bond acceptors (Lipinski definition) is 2. The van der Waals surface area contributed by atoms with Crippen molar-refractivity contribution in [2.75, 3.05) is 13.1 Å². The van der Waals surface area contributed by atoms with E-state index in [4.69, 9.17) is 5.73 Å². The molecule has 22 heavy (non-hydrogen) atoms. The molecule has 2 unspecified atom stereocenters. The van der Waals surface area contributed by atoms with Gasteiger partial charge in [0.2, 0.25) is 5.91 Å². The molecule has 0 aliphatic carbocycles. The highest BCUT2D eigenvalue weighted by Gasteiger charge is 2.26. The molecule has 1 aliphatic heterocycles. The Kier molecular flexibility index (Phi) is 7.91. The third-order valence-corrected chi connectivity index (χ3v) is 4.82. The lowest BCUT2D eigenvalue weighted by molar-refractivity contribution is -0.133. The van der Waals surface area contributed by atoms with E-state index in [-0.39, 0.29) is 18.4 Å². The average Bonchev–Trinajstić information content (AvgIpc) is 2.53. The predicted molar refractivity (Wildman–Crippen MR) is 94.3 cm³/mol. The molecule has 2 N–H and O–H groups in total. The third-order valence-electron chi connectivity index (χ3n) is 4.82. The molecule has 124 valence electrons. The number of nitrogens with two attached hydrogens (primary N) is 1. The molecule has 0 aromatic heterocycles. The Morgan fingerprint density at radius 3 is 2.36 bits per heavy atom. The molecule has 1 aliphatic rings. The van der Waals surface area contributed by atoms with Gasteiger partial charge in [0, 0.05) is 25.6 Å². The maximum Gasteiger partial charge on any atom is 0.223 e. The highest BCUT2D eigenvalue weighted by molar-refractivity contribution is 5.85. The molecule has 1 amide bonds. The smallest absolute Gasteiger partial charge is 0.223 e. The summed E-state index contributed by atoms with van der Waals surface area (Å²) in [6.07, 6.45) is 3.73. The summed E-state index contributed by atoms with van der Waals surface area (Å²) in [5, 5.41) is 0. The van der Waals surface area contributed by atoms with Crippen LogP contribution in [-0.4, -0.2) is 29.9 Å². The highest BCUT2D eigenvalue weighted by Crippen LogP contribution is 2.26. The summed E-state index contributed by atoms with van der Waals surface area (Å²) in [6, 6.07) is 10.6. The maximum absolute atomic E-state index is 12.5. The van der Waals surface area contributed by atoms with Gasteiger partial charge in [-0.3, -0.25) is 4.79 Å². The molecule has 1 aromatic carbocycles. The molecule has 1 aromatic rings. The summed E-state index contributed by atoms with van der Waals surface area (Å²) >= 11 is 0. The van der Waals surface area contributed by atoms with Crippen LogP contribution in [-0.2, 0) is 4.79 Å². The van der Waals surface area contributed by atoms with E-state index < -0.39 is 0 Å². The van der Waals surface area contributed by atoms with Crippen molar-refractivity contribution in [3.63, 3.8) is 0 Å². The van der Waals surface area contributed by atoms with E-state index in [1.54, 1.807) is 0 Å². The molecule has 4 heteroatoms. The van der Waals surface area contributed by atoms with Crippen LogP contribution in [0.15, 0.2) is 30.3 Å². The van der Waals surface area contributed by atoms with Crippen LogP contribution in [0.4, 0.5) is 0 Å². The van der Waals surface area contributed by atoms with E-state index in [1.807, 2.05) is 11.0 Å². The number of rotatable bonds is 5. The molecule has 1 saturated heterocycles. The molecule has 0 radical (unpaired) electrons. The normalized spacial score (nSPS) is 18.4. The van der Waals surface area contributed by atoms with Crippen LogP contribution in [0, 0.1) is 5.92 Å². The number of carbonyl (C=O) groups is 1. The molecule has 0 saturated carbocycles. The van der Waals surface area contributed by atoms with Gasteiger partial charge in [-0.05, 0) is 43.6 Å². The first-order valence-electron chi connectivity index (χ1n) is 8.20. The fraction of sp³-hybridized carbons (Fsp3) is 0.611. The number of benzene rings is 1. The Labute approximate surface area is 140 Å². The van der Waals surface area contributed by atoms with Gasteiger partial charge in [-0.1, -0.05) is 37.3 Å². The predicted octanol–water partition coefficient (Wildman–Crippen LogP) is 3.58. The van der Waals surface area contributed by atoms with E-state index in [0.717, 1.165) is 32.4 Å². The van der Waals surface area contributed by atoms with Crippen LogP contribution >= 0.6 is 12.4 Å². The summed E-state index contributed by atoms with van der Waals surface area (Å²) in [5.41, 5.74) is 7.24.